The van der Waals surface area contributed by atoms with Crippen LogP contribution in [0.4, 0.5) is 0 Å². The van der Waals surface area contributed by atoms with E-state index in [1.807, 2.05) is 52.3 Å². The fourth-order valence-electron chi connectivity index (χ4n) is 6.60. The molecule has 4 heterocycles. The molecule has 0 bridgehead atoms. The average Bonchev–Trinajstić information content (AvgIpc) is 3.20. The maximum atomic E-state index is 14.2. The van der Waals surface area contributed by atoms with Gasteiger partial charge in [0.1, 0.15) is 6.04 Å². The first-order valence-corrected chi connectivity index (χ1v) is 14.4. The van der Waals surface area contributed by atoms with Crippen molar-refractivity contribution in [3.8, 4) is 0 Å². The van der Waals surface area contributed by atoms with Crippen LogP contribution in [0.3, 0.4) is 0 Å². The summed E-state index contributed by atoms with van der Waals surface area (Å²) in [6.07, 6.45) is 10.5. The summed E-state index contributed by atoms with van der Waals surface area (Å²) in [6, 6.07) is 9.30. The van der Waals surface area contributed by atoms with Gasteiger partial charge in [-0.1, -0.05) is 68.0 Å². The highest BCUT2D eigenvalue weighted by Gasteiger charge is 2.71. The van der Waals surface area contributed by atoms with Crippen LogP contribution in [0, 0.1) is 11.8 Å². The van der Waals surface area contributed by atoms with Gasteiger partial charge in [-0.2, -0.15) is 0 Å². The van der Waals surface area contributed by atoms with E-state index >= 15 is 0 Å². The molecule has 2 unspecified atom stereocenters. The Labute approximate surface area is 223 Å². The van der Waals surface area contributed by atoms with Crippen molar-refractivity contribution in [1.82, 2.24) is 14.7 Å². The Morgan fingerprint density at radius 1 is 1.08 bits per heavy atom. The zero-order valence-corrected chi connectivity index (χ0v) is 22.5. The predicted octanol–water partition coefficient (Wildman–Crippen LogP) is 2.85. The molecule has 198 valence electrons. The third-order valence-electron chi connectivity index (χ3n) is 8.29. The lowest BCUT2D eigenvalue weighted by Gasteiger charge is -2.37. The lowest BCUT2D eigenvalue weighted by Crippen LogP contribution is -2.55. The van der Waals surface area contributed by atoms with Gasteiger partial charge in [0.2, 0.25) is 17.7 Å². The highest BCUT2D eigenvalue weighted by molar-refractivity contribution is 8.02. The summed E-state index contributed by atoms with van der Waals surface area (Å²) < 4.78 is -0.796. The molecule has 5 rings (SSSR count). The topological polar surface area (TPSA) is 81.2 Å². The molecule has 7 nitrogen and oxygen atoms in total. The van der Waals surface area contributed by atoms with Crippen molar-refractivity contribution in [3.63, 3.8) is 0 Å². The van der Waals surface area contributed by atoms with E-state index in [1.54, 1.807) is 16.7 Å². The van der Waals surface area contributed by atoms with Crippen LogP contribution in [0.15, 0.2) is 54.6 Å². The van der Waals surface area contributed by atoms with Gasteiger partial charge >= 0.3 is 0 Å². The van der Waals surface area contributed by atoms with Crippen LogP contribution in [-0.2, 0) is 20.9 Å². The molecule has 0 radical (unpaired) electrons. The van der Waals surface area contributed by atoms with Crippen molar-refractivity contribution in [2.24, 2.45) is 11.8 Å². The predicted molar refractivity (Wildman–Crippen MR) is 145 cm³/mol. The van der Waals surface area contributed by atoms with Crippen LogP contribution in [-0.4, -0.2) is 85.8 Å². The van der Waals surface area contributed by atoms with Gasteiger partial charge < -0.3 is 19.8 Å². The number of hydrogen-bond donors (Lipinski definition) is 1. The van der Waals surface area contributed by atoms with Gasteiger partial charge in [0.25, 0.3) is 0 Å². The maximum absolute atomic E-state index is 14.2. The number of nitrogens with zero attached hydrogens (tertiary/aromatic N) is 3. The van der Waals surface area contributed by atoms with Gasteiger partial charge in [-0.05, 0) is 25.3 Å². The summed E-state index contributed by atoms with van der Waals surface area (Å²) in [5.41, 5.74) is 1.05. The fraction of sp³-hybridized carbons (Fsp3) is 0.552. The van der Waals surface area contributed by atoms with Crippen LogP contribution >= 0.6 is 11.8 Å². The number of likely N-dealkylation sites (tertiary alicyclic amines) is 1. The zero-order chi connectivity index (χ0) is 26.2. The molecule has 37 heavy (non-hydrogen) atoms. The van der Waals surface area contributed by atoms with Gasteiger partial charge in [-0.15, -0.1) is 11.8 Å². The smallest absolute Gasteiger partial charge is 0.247 e. The van der Waals surface area contributed by atoms with Crippen LogP contribution < -0.4 is 0 Å². The minimum atomic E-state index is -0.796. The lowest BCUT2D eigenvalue weighted by molar-refractivity contribution is -0.145. The van der Waals surface area contributed by atoms with Crippen LogP contribution in [0.5, 0.6) is 0 Å². The highest BCUT2D eigenvalue weighted by atomic mass is 32.2. The molecule has 6 atom stereocenters. The van der Waals surface area contributed by atoms with Crippen molar-refractivity contribution in [1.29, 1.82) is 0 Å². The van der Waals surface area contributed by atoms with Crippen LogP contribution in [0.1, 0.15) is 38.7 Å². The number of hydrogen-bond acceptors (Lipinski definition) is 5. The molecule has 1 N–H and O–H groups in total. The third kappa shape index (κ3) is 4.42. The average molecular weight is 524 g/mol. The Morgan fingerprint density at radius 2 is 1.86 bits per heavy atom. The molecule has 3 amide bonds. The number of benzene rings is 1. The molecule has 0 aliphatic carbocycles. The monoisotopic (exact) mass is 523 g/mol. The molecule has 4 aliphatic rings. The molecule has 2 saturated heterocycles. The van der Waals surface area contributed by atoms with Gasteiger partial charge in [0.05, 0.1) is 16.6 Å². The maximum Gasteiger partial charge on any atom is 0.247 e. The Kier molecular flexibility index (Phi) is 7.50. The summed E-state index contributed by atoms with van der Waals surface area (Å²) in [5, 5.41) is 9.40. The zero-order valence-electron chi connectivity index (χ0n) is 21.7. The second kappa shape index (κ2) is 10.7. The summed E-state index contributed by atoms with van der Waals surface area (Å²) in [5.74, 6) is -1.34. The summed E-state index contributed by atoms with van der Waals surface area (Å²) in [6.45, 7) is 5.93. The summed E-state index contributed by atoms with van der Waals surface area (Å²) in [7, 11) is 0. The van der Waals surface area contributed by atoms with E-state index in [0.717, 1.165) is 18.4 Å². The first kappa shape index (κ1) is 26.0. The lowest BCUT2D eigenvalue weighted by atomic mass is 9.78. The van der Waals surface area contributed by atoms with E-state index in [4.69, 9.17) is 0 Å². The third-order valence-corrected chi connectivity index (χ3v) is 10.0. The summed E-state index contributed by atoms with van der Waals surface area (Å²) in [4.78, 5) is 47.8. The number of thioether (sulfide) groups is 1. The Bertz CT molecular complexity index is 1090. The van der Waals surface area contributed by atoms with Crippen molar-refractivity contribution in [2.75, 3.05) is 26.2 Å². The first-order valence-electron chi connectivity index (χ1n) is 13.5. The van der Waals surface area contributed by atoms with Gasteiger partial charge in [-0.25, -0.2) is 0 Å². The van der Waals surface area contributed by atoms with Crippen molar-refractivity contribution < 1.29 is 19.5 Å². The second-order valence-corrected chi connectivity index (χ2v) is 12.1. The fourth-order valence-corrected chi connectivity index (χ4v) is 8.61. The van der Waals surface area contributed by atoms with Crippen LogP contribution in [0.2, 0.25) is 0 Å². The minimum Gasteiger partial charge on any atom is -0.396 e. The minimum absolute atomic E-state index is 0.0226. The number of aliphatic hydroxyl groups excluding tert-OH is 1. The van der Waals surface area contributed by atoms with Crippen LogP contribution in [0.25, 0.3) is 0 Å². The van der Waals surface area contributed by atoms with Crippen molar-refractivity contribution in [2.45, 2.75) is 61.7 Å². The number of carbonyl (C=O) groups is 3. The van der Waals surface area contributed by atoms with Gasteiger partial charge in [0, 0.05) is 44.1 Å². The van der Waals surface area contributed by atoms with Crippen molar-refractivity contribution >= 4 is 29.5 Å². The van der Waals surface area contributed by atoms with E-state index < -0.39 is 22.6 Å². The van der Waals surface area contributed by atoms with E-state index in [0.29, 0.717) is 32.6 Å². The molecular formula is C29H37N3O4S. The Morgan fingerprint density at radius 3 is 2.59 bits per heavy atom. The number of rotatable bonds is 8. The number of fused-ring (bicyclic) bond motifs is 2. The molecule has 0 saturated carbocycles. The molecule has 1 spiro atoms. The molecule has 1 aromatic rings. The normalized spacial score (nSPS) is 31.8. The highest BCUT2D eigenvalue weighted by Crippen LogP contribution is 2.61. The van der Waals surface area contributed by atoms with Gasteiger partial charge in [0.15, 0.2) is 0 Å². The number of aliphatic hydroxyl groups is 1. The molecule has 2 fully saturated rings. The standard InChI is InChI=1S/C29H37N3O4S/c1-3-10-20(2)31-16-8-14-29-24(27(35)32(17-9-18-33)25(29)28(31)36)23-22(37-29)13-7-15-30(26(23)34)19-21-11-5-4-6-12-21/h4-8,11-14,20,22-25,33H,3,9-10,15-19H2,1-2H3/t20?,22-,23+,24+,25?,29+/m1/s1. The van der Waals surface area contributed by atoms with E-state index in [-0.39, 0.29) is 35.6 Å². The Balaban J connectivity index is 1.53. The molecule has 4 aliphatic heterocycles. The van der Waals surface area contributed by atoms with E-state index in [2.05, 4.69) is 26.0 Å². The molecular weight excluding hydrogens is 486 g/mol. The van der Waals surface area contributed by atoms with E-state index in [9.17, 15) is 19.5 Å². The van der Waals surface area contributed by atoms with Crippen molar-refractivity contribution in [3.05, 3.63) is 60.2 Å². The first-order chi connectivity index (χ1) is 17.9. The number of carbonyl (C=O) groups excluding carboxylic acids is 3. The molecule has 1 aromatic carbocycles. The number of amides is 3. The largest absolute Gasteiger partial charge is 0.396 e. The van der Waals surface area contributed by atoms with E-state index in [1.165, 1.54) is 0 Å². The second-order valence-electron chi connectivity index (χ2n) is 10.6. The summed E-state index contributed by atoms with van der Waals surface area (Å²) >= 11 is 1.61. The Hall–Kier alpha value is -2.58. The molecule has 0 aromatic heterocycles. The van der Waals surface area contributed by atoms with Gasteiger partial charge in [-0.3, -0.25) is 14.4 Å². The molecule has 8 heteroatoms. The quantitative estimate of drug-likeness (QED) is 0.530. The SMILES string of the molecule is CCCC(C)N1CC=C[C@]23S[C@@H]4C=CCN(Cc5ccccc5)C(=O)[C@@H]4[C@H]2C(=O)N(CCCO)C3C1=O.